The van der Waals surface area contributed by atoms with Crippen LogP contribution < -0.4 is 0 Å². The maximum atomic E-state index is 11.0. The lowest BCUT2D eigenvalue weighted by molar-refractivity contribution is 0.0840. The van der Waals surface area contributed by atoms with Crippen molar-refractivity contribution in [2.75, 3.05) is 6.61 Å². The average Bonchev–Trinajstić information content (AvgIpc) is 2.44. The van der Waals surface area contributed by atoms with Gasteiger partial charge in [-0.25, -0.2) is 4.79 Å². The molecule has 0 N–H and O–H groups in total. The Morgan fingerprint density at radius 2 is 2.05 bits per heavy atom. The van der Waals surface area contributed by atoms with Crippen LogP contribution in [0.5, 0.6) is 0 Å². The molecule has 0 saturated carbocycles. The third-order valence-corrected chi connectivity index (χ3v) is 3.62. The van der Waals surface area contributed by atoms with E-state index < -0.39 is 6.16 Å². The average molecular weight is 276 g/mol. The lowest BCUT2D eigenvalue weighted by atomic mass is 9.79. The first-order valence-electron chi connectivity index (χ1n) is 7.04. The van der Waals surface area contributed by atoms with Crippen molar-refractivity contribution in [2.45, 2.75) is 45.4 Å². The van der Waals surface area contributed by atoms with E-state index in [0.717, 1.165) is 25.5 Å². The molecule has 3 heteroatoms. The Kier molecular flexibility index (Phi) is 6.29. The summed E-state index contributed by atoms with van der Waals surface area (Å²) in [6.45, 7) is 10.4. The van der Waals surface area contributed by atoms with E-state index in [1.165, 1.54) is 11.1 Å². The van der Waals surface area contributed by atoms with Crippen LogP contribution in [0.25, 0.3) is 0 Å². The number of benzene rings is 1. The Balaban J connectivity index is 2.56. The highest BCUT2D eigenvalue weighted by atomic mass is 16.7. The summed E-state index contributed by atoms with van der Waals surface area (Å²) in [4.78, 5) is 11.0. The molecule has 0 aliphatic carbocycles. The smallest absolute Gasteiger partial charge is 0.434 e. The number of hydrogen-bond acceptors (Lipinski definition) is 3. The van der Waals surface area contributed by atoms with Gasteiger partial charge in [-0.1, -0.05) is 51.6 Å². The molecule has 0 unspecified atom stereocenters. The van der Waals surface area contributed by atoms with Gasteiger partial charge in [0.15, 0.2) is 0 Å². The summed E-state index contributed by atoms with van der Waals surface area (Å²) in [6, 6.07) is 8.46. The first-order valence-corrected chi connectivity index (χ1v) is 7.04. The van der Waals surface area contributed by atoms with Crippen molar-refractivity contribution in [1.29, 1.82) is 0 Å². The highest BCUT2D eigenvalue weighted by molar-refractivity contribution is 5.60. The summed E-state index contributed by atoms with van der Waals surface area (Å²) in [6.07, 6.45) is 3.14. The van der Waals surface area contributed by atoms with Crippen molar-refractivity contribution < 1.29 is 14.3 Å². The standard InChI is InChI=1S/C17H24O3/c1-5-17(3,4)15-12-8-7-10-14(15)11-9-13-20-16(18)19-6-2/h6-8,10,12H,2,5,9,11,13H2,1,3-4H3. The van der Waals surface area contributed by atoms with Gasteiger partial charge < -0.3 is 9.47 Å². The van der Waals surface area contributed by atoms with Crippen LogP contribution in [0.2, 0.25) is 0 Å². The molecule has 0 amide bonds. The normalized spacial score (nSPS) is 10.9. The number of rotatable bonds is 7. The second-order valence-electron chi connectivity index (χ2n) is 5.38. The summed E-state index contributed by atoms with van der Waals surface area (Å²) in [5.41, 5.74) is 2.86. The van der Waals surface area contributed by atoms with Gasteiger partial charge in [0.1, 0.15) is 0 Å². The first-order chi connectivity index (χ1) is 9.51. The molecule has 1 rings (SSSR count). The van der Waals surface area contributed by atoms with Gasteiger partial charge in [0.05, 0.1) is 12.9 Å². The molecule has 0 bridgehead atoms. The summed E-state index contributed by atoms with van der Waals surface area (Å²) < 4.78 is 9.42. The van der Waals surface area contributed by atoms with Gasteiger partial charge in [0.2, 0.25) is 0 Å². The van der Waals surface area contributed by atoms with E-state index >= 15 is 0 Å². The fraction of sp³-hybridized carbons (Fsp3) is 0.471. The predicted octanol–water partition coefficient (Wildman–Crippen LogP) is 4.60. The van der Waals surface area contributed by atoms with E-state index in [0.29, 0.717) is 6.61 Å². The van der Waals surface area contributed by atoms with Crippen molar-refractivity contribution in [1.82, 2.24) is 0 Å². The highest BCUT2D eigenvalue weighted by Crippen LogP contribution is 2.30. The highest BCUT2D eigenvalue weighted by Gasteiger charge is 2.20. The molecule has 0 aliphatic rings. The number of aryl methyl sites for hydroxylation is 1. The molecule has 0 atom stereocenters. The van der Waals surface area contributed by atoms with E-state index in [-0.39, 0.29) is 5.41 Å². The van der Waals surface area contributed by atoms with Gasteiger partial charge in [0, 0.05) is 0 Å². The van der Waals surface area contributed by atoms with Crippen molar-refractivity contribution in [3.63, 3.8) is 0 Å². The monoisotopic (exact) mass is 276 g/mol. The van der Waals surface area contributed by atoms with E-state index in [2.05, 4.69) is 56.4 Å². The molecule has 1 aromatic carbocycles. The van der Waals surface area contributed by atoms with Crippen LogP contribution in [0, 0.1) is 0 Å². The van der Waals surface area contributed by atoms with E-state index in [1.54, 1.807) is 0 Å². The Labute approximate surface area is 121 Å². The molecule has 0 radical (unpaired) electrons. The zero-order valence-electron chi connectivity index (χ0n) is 12.6. The van der Waals surface area contributed by atoms with Crippen molar-refractivity contribution in [3.05, 3.63) is 48.2 Å². The molecular weight excluding hydrogens is 252 g/mol. The van der Waals surface area contributed by atoms with Crippen LogP contribution in [-0.2, 0) is 21.3 Å². The molecule has 0 heterocycles. The molecule has 3 nitrogen and oxygen atoms in total. The van der Waals surface area contributed by atoms with Gasteiger partial charge >= 0.3 is 6.16 Å². The van der Waals surface area contributed by atoms with Crippen LogP contribution in [0.4, 0.5) is 4.79 Å². The molecule has 20 heavy (non-hydrogen) atoms. The van der Waals surface area contributed by atoms with Crippen LogP contribution >= 0.6 is 0 Å². The second kappa shape index (κ2) is 7.73. The van der Waals surface area contributed by atoms with Crippen molar-refractivity contribution in [3.8, 4) is 0 Å². The minimum atomic E-state index is -0.692. The maximum Gasteiger partial charge on any atom is 0.513 e. The predicted molar refractivity (Wildman–Crippen MR) is 80.7 cm³/mol. The van der Waals surface area contributed by atoms with Gasteiger partial charge in [-0.3, -0.25) is 0 Å². The Morgan fingerprint density at radius 3 is 2.70 bits per heavy atom. The number of ether oxygens (including phenoxy) is 2. The lowest BCUT2D eigenvalue weighted by Gasteiger charge is -2.26. The maximum absolute atomic E-state index is 11.0. The molecule has 0 fully saturated rings. The molecule has 0 aliphatic heterocycles. The van der Waals surface area contributed by atoms with Crippen LogP contribution in [0.3, 0.4) is 0 Å². The number of carbonyl (C=O) groups is 1. The van der Waals surface area contributed by atoms with Crippen LogP contribution in [0.1, 0.15) is 44.7 Å². The number of hydrogen-bond donors (Lipinski definition) is 0. The molecule has 1 aromatic rings. The summed E-state index contributed by atoms with van der Waals surface area (Å²) >= 11 is 0. The topological polar surface area (TPSA) is 35.5 Å². The van der Waals surface area contributed by atoms with Gasteiger partial charge in [0.25, 0.3) is 0 Å². The van der Waals surface area contributed by atoms with E-state index in [4.69, 9.17) is 4.74 Å². The van der Waals surface area contributed by atoms with Crippen LogP contribution in [0.15, 0.2) is 37.1 Å². The zero-order chi connectivity index (χ0) is 15.0. The Hall–Kier alpha value is -1.77. The summed E-state index contributed by atoms with van der Waals surface area (Å²) in [5, 5.41) is 0. The van der Waals surface area contributed by atoms with Gasteiger partial charge in [-0.2, -0.15) is 0 Å². The Morgan fingerprint density at radius 1 is 1.35 bits per heavy atom. The molecule has 0 aromatic heterocycles. The van der Waals surface area contributed by atoms with Gasteiger partial charge in [-0.05, 0) is 35.8 Å². The van der Waals surface area contributed by atoms with Gasteiger partial charge in [-0.15, -0.1) is 0 Å². The van der Waals surface area contributed by atoms with Crippen molar-refractivity contribution >= 4 is 6.16 Å². The minimum absolute atomic E-state index is 0.166. The molecule has 110 valence electrons. The SMILES string of the molecule is C=COC(=O)OCCCc1ccccc1C(C)(C)CC. The van der Waals surface area contributed by atoms with E-state index in [9.17, 15) is 4.79 Å². The van der Waals surface area contributed by atoms with Crippen molar-refractivity contribution in [2.24, 2.45) is 0 Å². The zero-order valence-corrected chi connectivity index (χ0v) is 12.6. The first kappa shape index (κ1) is 16.3. The lowest BCUT2D eigenvalue weighted by Crippen LogP contribution is -2.18. The number of carbonyl (C=O) groups excluding carboxylic acids is 1. The summed E-state index contributed by atoms with van der Waals surface area (Å²) in [5.74, 6) is 0. The Bertz CT molecular complexity index is 449. The second-order valence-corrected chi connectivity index (χ2v) is 5.38. The minimum Gasteiger partial charge on any atom is -0.434 e. The molecule has 0 saturated heterocycles. The third kappa shape index (κ3) is 4.72. The quantitative estimate of drug-likeness (QED) is 0.414. The van der Waals surface area contributed by atoms with Crippen LogP contribution in [-0.4, -0.2) is 12.8 Å². The molecule has 0 spiro atoms. The fourth-order valence-electron chi connectivity index (χ4n) is 2.11. The van der Waals surface area contributed by atoms with E-state index in [1.807, 2.05) is 0 Å². The molecular formula is C17H24O3. The third-order valence-electron chi connectivity index (χ3n) is 3.62. The fourth-order valence-corrected chi connectivity index (χ4v) is 2.11. The largest absolute Gasteiger partial charge is 0.513 e. The summed E-state index contributed by atoms with van der Waals surface area (Å²) in [7, 11) is 0.